The van der Waals surface area contributed by atoms with Crippen molar-refractivity contribution in [1.82, 2.24) is 9.55 Å². The second-order valence-corrected chi connectivity index (χ2v) is 4.90. The Kier molecular flexibility index (Phi) is 4.35. The van der Waals surface area contributed by atoms with Crippen molar-refractivity contribution in [3.05, 3.63) is 56.6 Å². The molecular weight excluding hydrogens is 308 g/mol. The Bertz CT molecular complexity index is 785. The maximum atomic E-state index is 11.1. The number of hydrogen-bond donors (Lipinski definition) is 1. The zero-order valence-electron chi connectivity index (χ0n) is 11.9. The molecule has 10 nitrogen and oxygen atoms in total. The van der Waals surface area contributed by atoms with Crippen LogP contribution < -0.4 is 0 Å². The molecular formula is C13H12N4O6. The monoisotopic (exact) mass is 320 g/mol. The first-order chi connectivity index (χ1) is 10.8. The normalized spacial score (nSPS) is 11.9. The maximum Gasteiger partial charge on any atom is 0.306 e. The first kappa shape index (κ1) is 16.1. The zero-order chi connectivity index (χ0) is 17.1. The van der Waals surface area contributed by atoms with Crippen LogP contribution in [-0.2, 0) is 11.2 Å². The summed E-state index contributed by atoms with van der Waals surface area (Å²) in [5.74, 6) is -1.62. The predicted octanol–water partition coefficient (Wildman–Crippen LogP) is 1.95. The second-order valence-electron chi connectivity index (χ2n) is 4.90. The van der Waals surface area contributed by atoms with Crippen LogP contribution in [0, 0.1) is 26.1 Å². The first-order valence-electron chi connectivity index (χ1n) is 6.48. The predicted molar refractivity (Wildman–Crippen MR) is 77.4 cm³/mol. The van der Waals surface area contributed by atoms with Gasteiger partial charge in [0.25, 0.3) is 11.4 Å². The highest BCUT2D eigenvalue weighted by atomic mass is 16.6. The van der Waals surface area contributed by atoms with Crippen LogP contribution in [0.25, 0.3) is 5.69 Å². The summed E-state index contributed by atoms with van der Waals surface area (Å²) in [5.41, 5.74) is -0.260. The number of carboxylic acids is 1. The second kappa shape index (κ2) is 6.22. The molecule has 23 heavy (non-hydrogen) atoms. The van der Waals surface area contributed by atoms with E-state index in [1.54, 1.807) is 0 Å². The SMILES string of the molecule is C[C@@H](Cc1cn(-c2ccc([N+](=O)[O-])cc2[N+](=O)[O-])cn1)C(=O)O. The van der Waals surface area contributed by atoms with Crippen molar-refractivity contribution in [2.24, 2.45) is 5.92 Å². The molecule has 0 fully saturated rings. The number of non-ortho nitro benzene ring substituents is 1. The topological polar surface area (TPSA) is 141 Å². The highest BCUT2D eigenvalue weighted by molar-refractivity contribution is 5.69. The molecule has 0 saturated carbocycles. The summed E-state index contributed by atoms with van der Waals surface area (Å²) in [4.78, 5) is 35.3. The number of carbonyl (C=O) groups is 1. The molecule has 1 heterocycles. The lowest BCUT2D eigenvalue weighted by Crippen LogP contribution is -2.12. The maximum absolute atomic E-state index is 11.1. The van der Waals surface area contributed by atoms with Crippen molar-refractivity contribution in [2.75, 3.05) is 0 Å². The molecule has 0 aliphatic carbocycles. The van der Waals surface area contributed by atoms with Crippen molar-refractivity contribution in [1.29, 1.82) is 0 Å². The summed E-state index contributed by atoms with van der Waals surface area (Å²) in [6, 6.07) is 3.28. The van der Waals surface area contributed by atoms with E-state index in [4.69, 9.17) is 5.11 Å². The fraction of sp³-hybridized carbons (Fsp3) is 0.231. The summed E-state index contributed by atoms with van der Waals surface area (Å²) in [5, 5.41) is 30.7. The Balaban J connectivity index is 2.39. The van der Waals surface area contributed by atoms with Crippen LogP contribution in [0.2, 0.25) is 0 Å². The number of aromatic nitrogens is 2. The minimum absolute atomic E-state index is 0.113. The molecule has 1 aromatic heterocycles. The number of carboxylic acid groups (broad SMARTS) is 1. The van der Waals surface area contributed by atoms with E-state index in [9.17, 15) is 25.0 Å². The molecule has 0 saturated heterocycles. The Morgan fingerprint density at radius 1 is 1.35 bits per heavy atom. The number of benzene rings is 1. The number of rotatable bonds is 6. The van der Waals surface area contributed by atoms with Crippen molar-refractivity contribution >= 4 is 17.3 Å². The lowest BCUT2D eigenvalue weighted by atomic mass is 10.1. The average Bonchev–Trinajstić information content (AvgIpc) is 2.94. The Morgan fingerprint density at radius 2 is 2.04 bits per heavy atom. The fourth-order valence-corrected chi connectivity index (χ4v) is 1.99. The molecule has 0 spiro atoms. The molecule has 1 atom stereocenters. The minimum Gasteiger partial charge on any atom is -0.481 e. The van der Waals surface area contributed by atoms with Crippen molar-refractivity contribution in [2.45, 2.75) is 13.3 Å². The molecule has 0 unspecified atom stereocenters. The van der Waals surface area contributed by atoms with Gasteiger partial charge in [0, 0.05) is 18.7 Å². The van der Waals surface area contributed by atoms with Gasteiger partial charge in [-0.3, -0.25) is 29.6 Å². The van der Waals surface area contributed by atoms with Gasteiger partial charge in [0.2, 0.25) is 0 Å². The van der Waals surface area contributed by atoms with Crippen molar-refractivity contribution in [3.63, 3.8) is 0 Å². The van der Waals surface area contributed by atoms with Gasteiger partial charge in [-0.05, 0) is 6.07 Å². The number of hydrogen-bond acceptors (Lipinski definition) is 6. The van der Waals surface area contributed by atoms with Gasteiger partial charge < -0.3 is 5.11 Å². The third-order valence-electron chi connectivity index (χ3n) is 3.22. The average molecular weight is 320 g/mol. The van der Waals surface area contributed by atoms with Crippen LogP contribution in [0.4, 0.5) is 11.4 Å². The lowest BCUT2D eigenvalue weighted by molar-refractivity contribution is -0.394. The van der Waals surface area contributed by atoms with E-state index in [-0.39, 0.29) is 17.8 Å². The quantitative estimate of drug-likeness (QED) is 0.633. The summed E-state index contributed by atoms with van der Waals surface area (Å²) < 4.78 is 1.34. The van der Waals surface area contributed by atoms with E-state index in [0.29, 0.717) is 5.69 Å². The third-order valence-corrected chi connectivity index (χ3v) is 3.22. The summed E-state index contributed by atoms with van der Waals surface area (Å²) in [7, 11) is 0. The largest absolute Gasteiger partial charge is 0.481 e. The molecule has 2 rings (SSSR count). The van der Waals surface area contributed by atoms with Gasteiger partial charge in [0.1, 0.15) is 5.69 Å². The van der Waals surface area contributed by atoms with Crippen LogP contribution in [0.3, 0.4) is 0 Å². The van der Waals surface area contributed by atoms with Gasteiger partial charge >= 0.3 is 5.97 Å². The summed E-state index contributed by atoms with van der Waals surface area (Å²) in [6.45, 7) is 1.52. The minimum atomic E-state index is -0.971. The van der Waals surface area contributed by atoms with Gasteiger partial charge in [-0.2, -0.15) is 0 Å². The molecule has 0 bridgehead atoms. The highest BCUT2D eigenvalue weighted by Gasteiger charge is 2.21. The number of nitro benzene ring substituents is 2. The van der Waals surface area contributed by atoms with Crippen molar-refractivity contribution in [3.8, 4) is 5.69 Å². The van der Waals surface area contributed by atoms with E-state index in [2.05, 4.69) is 4.98 Å². The van der Waals surface area contributed by atoms with Crippen LogP contribution in [0.5, 0.6) is 0 Å². The van der Waals surface area contributed by atoms with Crippen LogP contribution >= 0.6 is 0 Å². The van der Waals surface area contributed by atoms with E-state index in [0.717, 1.165) is 12.1 Å². The van der Waals surface area contributed by atoms with Crippen LogP contribution in [0.1, 0.15) is 12.6 Å². The van der Waals surface area contributed by atoms with E-state index < -0.39 is 27.4 Å². The molecule has 1 aromatic carbocycles. The molecule has 120 valence electrons. The zero-order valence-corrected chi connectivity index (χ0v) is 11.9. The highest BCUT2D eigenvalue weighted by Crippen LogP contribution is 2.28. The Labute approximate surface area is 129 Å². The smallest absolute Gasteiger partial charge is 0.306 e. The molecule has 2 aromatic rings. The molecule has 1 N–H and O–H groups in total. The van der Waals surface area contributed by atoms with E-state index in [1.165, 1.54) is 30.1 Å². The first-order valence-corrected chi connectivity index (χ1v) is 6.48. The molecule has 0 amide bonds. The molecule has 0 aliphatic rings. The summed E-state index contributed by atoms with van der Waals surface area (Å²) in [6.07, 6.45) is 2.94. The van der Waals surface area contributed by atoms with Gasteiger partial charge in [0.05, 0.1) is 33.9 Å². The van der Waals surface area contributed by atoms with Crippen molar-refractivity contribution < 1.29 is 19.7 Å². The van der Waals surface area contributed by atoms with Gasteiger partial charge in [-0.15, -0.1) is 0 Å². The Hall–Kier alpha value is -3.30. The van der Waals surface area contributed by atoms with E-state index in [1.807, 2.05) is 0 Å². The number of imidazole rings is 1. The van der Waals surface area contributed by atoms with Gasteiger partial charge in [-0.1, -0.05) is 6.92 Å². The molecule has 10 heteroatoms. The number of nitrogens with zero attached hydrogens (tertiary/aromatic N) is 4. The van der Waals surface area contributed by atoms with Gasteiger partial charge in [-0.25, -0.2) is 4.98 Å². The number of aliphatic carboxylic acids is 1. The Morgan fingerprint density at radius 3 is 2.61 bits per heavy atom. The van der Waals surface area contributed by atoms with Crippen LogP contribution in [-0.4, -0.2) is 30.5 Å². The molecule has 0 radical (unpaired) electrons. The fourth-order valence-electron chi connectivity index (χ4n) is 1.99. The standard InChI is InChI=1S/C13H12N4O6/c1-8(13(18)19)4-9-6-15(7-14-9)11-3-2-10(16(20)21)5-12(11)17(22)23/h2-3,5-8H,4H2,1H3,(H,18,19)/t8-/m0/s1. The molecule has 0 aliphatic heterocycles. The van der Waals surface area contributed by atoms with Gasteiger partial charge in [0.15, 0.2) is 0 Å². The third kappa shape index (κ3) is 3.48. The van der Waals surface area contributed by atoms with E-state index >= 15 is 0 Å². The van der Waals surface area contributed by atoms with Crippen LogP contribution in [0.15, 0.2) is 30.7 Å². The lowest BCUT2D eigenvalue weighted by Gasteiger charge is -2.04. The number of nitro groups is 2. The summed E-state index contributed by atoms with van der Waals surface area (Å²) >= 11 is 0.